The molecule has 0 aromatic carbocycles. The lowest BCUT2D eigenvalue weighted by molar-refractivity contribution is -0.135. The van der Waals surface area contributed by atoms with E-state index < -0.39 is 0 Å². The van der Waals surface area contributed by atoms with E-state index in [1.54, 1.807) is 0 Å². The van der Waals surface area contributed by atoms with Crippen LogP contribution in [0, 0.1) is 40.4 Å². The average molecular weight is 320 g/mol. The first kappa shape index (κ1) is 16.4. The number of rotatable bonds is 2. The third-order valence-corrected chi connectivity index (χ3v) is 9.50. The van der Waals surface area contributed by atoms with Crippen LogP contribution in [0.2, 0.25) is 0 Å². The van der Waals surface area contributed by atoms with Gasteiger partial charge in [-0.2, -0.15) is 0 Å². The van der Waals surface area contributed by atoms with Gasteiger partial charge >= 0.3 is 0 Å². The molecule has 4 rings (SSSR count). The summed E-state index contributed by atoms with van der Waals surface area (Å²) in [6.45, 7) is 7.72. The zero-order valence-electron chi connectivity index (χ0n) is 15.5. The molecule has 0 heterocycles. The number of fused-ring (bicyclic) bond motifs is 5. The molecule has 4 fully saturated rings. The molecule has 4 aliphatic carbocycles. The number of hydrogen-bond donors (Lipinski definition) is 1. The molecule has 0 spiro atoms. The first-order valence-corrected chi connectivity index (χ1v) is 10.4. The second-order valence-electron chi connectivity index (χ2n) is 9.92. The van der Waals surface area contributed by atoms with Gasteiger partial charge in [0, 0.05) is 0 Å². The van der Waals surface area contributed by atoms with Gasteiger partial charge in [-0.25, -0.2) is 5.90 Å². The van der Waals surface area contributed by atoms with Crippen LogP contribution in [0.4, 0.5) is 0 Å². The van der Waals surface area contributed by atoms with Crippen LogP contribution in [0.1, 0.15) is 85.0 Å². The normalized spacial score (nSPS) is 55.8. The summed E-state index contributed by atoms with van der Waals surface area (Å²) in [6, 6.07) is 0. The SMILES string of the molecule is CC[C@H]1CCC2C3CCC4CC(ON)CC[C@]4(C)C3CC[C@@]21C. The second kappa shape index (κ2) is 5.73. The minimum Gasteiger partial charge on any atom is -0.301 e. The van der Waals surface area contributed by atoms with Gasteiger partial charge in [0.05, 0.1) is 6.10 Å². The Bertz CT molecular complexity index is 451. The zero-order chi connectivity index (χ0) is 16.2. The maximum atomic E-state index is 5.52. The van der Waals surface area contributed by atoms with Crippen molar-refractivity contribution in [1.82, 2.24) is 0 Å². The van der Waals surface area contributed by atoms with E-state index in [1.165, 1.54) is 64.2 Å². The highest BCUT2D eigenvalue weighted by Gasteiger charge is 2.59. The Labute approximate surface area is 142 Å². The first-order chi connectivity index (χ1) is 11.0. The van der Waals surface area contributed by atoms with Gasteiger partial charge in [-0.1, -0.05) is 27.2 Å². The summed E-state index contributed by atoms with van der Waals surface area (Å²) in [6.07, 6.45) is 14.4. The third kappa shape index (κ3) is 2.27. The van der Waals surface area contributed by atoms with Crippen molar-refractivity contribution in [3.05, 3.63) is 0 Å². The Morgan fingerprint density at radius 3 is 2.39 bits per heavy atom. The van der Waals surface area contributed by atoms with Gasteiger partial charge in [-0.3, -0.25) is 0 Å². The molecule has 132 valence electrons. The Kier molecular flexibility index (Phi) is 4.08. The van der Waals surface area contributed by atoms with Crippen molar-refractivity contribution in [3.63, 3.8) is 0 Å². The Morgan fingerprint density at radius 1 is 0.913 bits per heavy atom. The summed E-state index contributed by atoms with van der Waals surface area (Å²) < 4.78 is 0. The Hall–Kier alpha value is -0.0800. The van der Waals surface area contributed by atoms with Gasteiger partial charge in [0.2, 0.25) is 0 Å². The lowest BCUT2D eigenvalue weighted by Crippen LogP contribution is -2.54. The van der Waals surface area contributed by atoms with E-state index in [1.807, 2.05) is 0 Å². The maximum Gasteiger partial charge on any atom is 0.0790 e. The second-order valence-corrected chi connectivity index (χ2v) is 9.92. The summed E-state index contributed by atoms with van der Waals surface area (Å²) >= 11 is 0. The van der Waals surface area contributed by atoms with Crippen molar-refractivity contribution in [1.29, 1.82) is 0 Å². The molecule has 0 aliphatic heterocycles. The zero-order valence-corrected chi connectivity index (χ0v) is 15.5. The molecule has 0 saturated heterocycles. The summed E-state index contributed by atoms with van der Waals surface area (Å²) in [5, 5.41) is 0. The highest BCUT2D eigenvalue weighted by atomic mass is 16.6. The molecule has 4 aliphatic rings. The van der Waals surface area contributed by atoms with Crippen LogP contribution in [0.5, 0.6) is 0 Å². The summed E-state index contributed by atoms with van der Waals surface area (Å²) in [5.41, 5.74) is 1.24. The molecule has 0 radical (unpaired) electrons. The van der Waals surface area contributed by atoms with Crippen molar-refractivity contribution in [2.75, 3.05) is 0 Å². The fourth-order valence-electron chi connectivity index (χ4n) is 8.12. The molecule has 2 N–H and O–H groups in total. The summed E-state index contributed by atoms with van der Waals surface area (Å²) in [4.78, 5) is 5.24. The molecule has 0 aromatic heterocycles. The minimum absolute atomic E-state index is 0.328. The van der Waals surface area contributed by atoms with Crippen LogP contribution in [-0.2, 0) is 4.84 Å². The van der Waals surface area contributed by atoms with E-state index in [0.29, 0.717) is 16.9 Å². The van der Waals surface area contributed by atoms with Gasteiger partial charge in [-0.05, 0) is 98.2 Å². The predicted octanol–water partition coefficient (Wildman–Crippen LogP) is 5.31. The van der Waals surface area contributed by atoms with Crippen molar-refractivity contribution < 1.29 is 4.84 Å². The lowest BCUT2D eigenvalue weighted by Gasteiger charge is -2.61. The molecule has 2 heteroatoms. The van der Waals surface area contributed by atoms with Crippen LogP contribution in [0.3, 0.4) is 0 Å². The monoisotopic (exact) mass is 319 g/mol. The highest BCUT2D eigenvalue weighted by Crippen LogP contribution is 2.67. The quantitative estimate of drug-likeness (QED) is 0.700. The van der Waals surface area contributed by atoms with Crippen LogP contribution in [0.15, 0.2) is 0 Å². The van der Waals surface area contributed by atoms with Crippen LogP contribution < -0.4 is 5.90 Å². The van der Waals surface area contributed by atoms with Gasteiger partial charge in [0.15, 0.2) is 0 Å². The van der Waals surface area contributed by atoms with E-state index in [4.69, 9.17) is 10.7 Å². The van der Waals surface area contributed by atoms with E-state index in [2.05, 4.69) is 20.8 Å². The molecule has 23 heavy (non-hydrogen) atoms. The topological polar surface area (TPSA) is 35.2 Å². The molecule has 0 aromatic rings. The highest BCUT2D eigenvalue weighted by molar-refractivity contribution is 5.09. The minimum atomic E-state index is 0.328. The van der Waals surface area contributed by atoms with E-state index >= 15 is 0 Å². The Balaban J connectivity index is 1.58. The van der Waals surface area contributed by atoms with Crippen LogP contribution in [0.25, 0.3) is 0 Å². The van der Waals surface area contributed by atoms with E-state index in [-0.39, 0.29) is 0 Å². The van der Waals surface area contributed by atoms with E-state index in [9.17, 15) is 0 Å². The van der Waals surface area contributed by atoms with Crippen molar-refractivity contribution in [2.24, 2.45) is 46.3 Å². The van der Waals surface area contributed by atoms with E-state index in [0.717, 1.165) is 29.6 Å². The van der Waals surface area contributed by atoms with Gasteiger partial charge in [-0.15, -0.1) is 0 Å². The molecular weight excluding hydrogens is 282 g/mol. The molecule has 0 bridgehead atoms. The number of nitrogens with two attached hydrogens (primary N) is 1. The fraction of sp³-hybridized carbons (Fsp3) is 1.00. The molecule has 2 nitrogen and oxygen atoms in total. The third-order valence-electron chi connectivity index (χ3n) is 9.50. The predicted molar refractivity (Wildman–Crippen MR) is 94.6 cm³/mol. The molecule has 8 atom stereocenters. The van der Waals surface area contributed by atoms with Crippen molar-refractivity contribution >= 4 is 0 Å². The van der Waals surface area contributed by atoms with Gasteiger partial charge in [0.25, 0.3) is 0 Å². The van der Waals surface area contributed by atoms with Crippen LogP contribution in [-0.4, -0.2) is 6.10 Å². The average Bonchev–Trinajstić information content (AvgIpc) is 2.90. The first-order valence-electron chi connectivity index (χ1n) is 10.4. The summed E-state index contributed by atoms with van der Waals surface area (Å²) in [7, 11) is 0. The Morgan fingerprint density at radius 2 is 1.65 bits per heavy atom. The maximum absolute atomic E-state index is 5.52. The largest absolute Gasteiger partial charge is 0.301 e. The lowest BCUT2D eigenvalue weighted by atomic mass is 9.44. The van der Waals surface area contributed by atoms with Gasteiger partial charge in [0.1, 0.15) is 0 Å². The molecule has 5 unspecified atom stereocenters. The van der Waals surface area contributed by atoms with Gasteiger partial charge < -0.3 is 4.84 Å². The van der Waals surface area contributed by atoms with Crippen molar-refractivity contribution in [2.45, 2.75) is 91.1 Å². The summed E-state index contributed by atoms with van der Waals surface area (Å²) in [5.74, 6) is 10.4. The van der Waals surface area contributed by atoms with Crippen molar-refractivity contribution in [3.8, 4) is 0 Å². The molecular formula is C21H37NO. The smallest absolute Gasteiger partial charge is 0.0790 e. The van der Waals surface area contributed by atoms with Crippen LogP contribution >= 0.6 is 0 Å². The standard InChI is InChI=1S/C21H37NO/c1-4-14-6-8-18-17-7-5-15-13-16(23-22)9-11-21(15,3)19(17)10-12-20(14,18)2/h14-19H,4-13,22H2,1-3H3/t14-,15?,16?,17?,18?,19?,20+,21-/m0/s1. The number of hydrogen-bond acceptors (Lipinski definition) is 2. The molecule has 0 amide bonds. The molecule has 4 saturated carbocycles. The fourth-order valence-corrected chi connectivity index (χ4v) is 8.12.